The van der Waals surface area contributed by atoms with Crippen LogP contribution in [-0.2, 0) is 11.5 Å². The van der Waals surface area contributed by atoms with Crippen LogP contribution in [0.3, 0.4) is 0 Å². The van der Waals surface area contributed by atoms with Crippen LogP contribution in [0.2, 0.25) is 0 Å². The van der Waals surface area contributed by atoms with Crippen molar-refractivity contribution in [2.24, 2.45) is 5.92 Å². The highest BCUT2D eigenvalue weighted by Crippen LogP contribution is 2.24. The summed E-state index contributed by atoms with van der Waals surface area (Å²) in [5.41, 5.74) is 1.53. The molecule has 0 aromatic carbocycles. The smallest absolute Gasteiger partial charge is 0.224 e. The van der Waals surface area contributed by atoms with Gasteiger partial charge in [0.1, 0.15) is 18.5 Å². The zero-order chi connectivity index (χ0) is 16.2. The molecule has 7 heteroatoms. The Labute approximate surface area is 136 Å². The van der Waals surface area contributed by atoms with Gasteiger partial charge in [-0.15, -0.1) is 0 Å². The van der Waals surface area contributed by atoms with Gasteiger partial charge in [-0.05, 0) is 18.8 Å². The summed E-state index contributed by atoms with van der Waals surface area (Å²) in [6.07, 6.45) is 7.22. The van der Waals surface area contributed by atoms with E-state index in [1.165, 1.54) is 0 Å². The number of aromatic nitrogens is 4. The van der Waals surface area contributed by atoms with Gasteiger partial charge in [-0.2, -0.15) is 0 Å². The van der Waals surface area contributed by atoms with E-state index in [1.807, 2.05) is 9.47 Å². The van der Waals surface area contributed by atoms with E-state index in [4.69, 9.17) is 0 Å². The molecule has 2 aromatic heterocycles. The fourth-order valence-corrected chi connectivity index (χ4v) is 3.13. The van der Waals surface area contributed by atoms with E-state index in [-0.39, 0.29) is 5.91 Å². The molecule has 1 aliphatic heterocycles. The van der Waals surface area contributed by atoms with E-state index in [0.717, 1.165) is 49.3 Å². The minimum absolute atomic E-state index is 0.226. The molecule has 1 fully saturated rings. The van der Waals surface area contributed by atoms with Crippen molar-refractivity contribution in [3.05, 3.63) is 12.7 Å². The Bertz CT molecular complexity index is 682. The SMILES string of the molecule is CCCNc1ncnc2c1ncn2CN1CC(CCC)CC1=O. The first-order chi connectivity index (χ1) is 11.2. The average Bonchev–Trinajstić information content (AvgIpc) is 3.11. The highest BCUT2D eigenvalue weighted by Gasteiger charge is 2.29. The minimum Gasteiger partial charge on any atom is -0.368 e. The van der Waals surface area contributed by atoms with Crippen molar-refractivity contribution >= 4 is 22.9 Å². The monoisotopic (exact) mass is 316 g/mol. The second-order valence-corrected chi connectivity index (χ2v) is 6.15. The predicted molar refractivity (Wildman–Crippen MR) is 88.8 cm³/mol. The Morgan fingerprint density at radius 1 is 1.26 bits per heavy atom. The van der Waals surface area contributed by atoms with Gasteiger partial charge < -0.3 is 10.2 Å². The molecular weight excluding hydrogens is 292 g/mol. The first-order valence-corrected chi connectivity index (χ1v) is 8.40. The number of hydrogen-bond acceptors (Lipinski definition) is 5. The fourth-order valence-electron chi connectivity index (χ4n) is 3.13. The van der Waals surface area contributed by atoms with E-state index >= 15 is 0 Å². The molecule has 0 saturated carbocycles. The molecule has 1 saturated heterocycles. The van der Waals surface area contributed by atoms with Crippen LogP contribution in [0, 0.1) is 5.92 Å². The third kappa shape index (κ3) is 3.28. The average molecular weight is 316 g/mol. The number of carbonyl (C=O) groups is 1. The maximum atomic E-state index is 12.2. The maximum Gasteiger partial charge on any atom is 0.224 e. The highest BCUT2D eigenvalue weighted by atomic mass is 16.2. The molecule has 3 rings (SSSR count). The molecule has 1 aliphatic rings. The first-order valence-electron chi connectivity index (χ1n) is 8.40. The Hall–Kier alpha value is -2.18. The third-order valence-electron chi connectivity index (χ3n) is 4.26. The summed E-state index contributed by atoms with van der Waals surface area (Å²) in [6.45, 7) is 6.47. The van der Waals surface area contributed by atoms with Gasteiger partial charge in [-0.25, -0.2) is 15.0 Å². The molecule has 7 nitrogen and oxygen atoms in total. The molecule has 1 unspecified atom stereocenters. The lowest BCUT2D eigenvalue weighted by molar-refractivity contribution is -0.129. The van der Waals surface area contributed by atoms with Gasteiger partial charge in [-0.3, -0.25) is 9.36 Å². The van der Waals surface area contributed by atoms with Crippen molar-refractivity contribution < 1.29 is 4.79 Å². The molecule has 0 aliphatic carbocycles. The number of amides is 1. The van der Waals surface area contributed by atoms with Gasteiger partial charge in [0.25, 0.3) is 0 Å². The Morgan fingerprint density at radius 3 is 2.91 bits per heavy atom. The number of fused-ring (bicyclic) bond motifs is 1. The number of carbonyl (C=O) groups excluding carboxylic acids is 1. The van der Waals surface area contributed by atoms with Gasteiger partial charge in [0.2, 0.25) is 5.91 Å². The number of likely N-dealkylation sites (tertiary alicyclic amines) is 1. The van der Waals surface area contributed by atoms with Crippen molar-refractivity contribution in [2.45, 2.75) is 46.2 Å². The van der Waals surface area contributed by atoms with Crippen LogP contribution < -0.4 is 5.32 Å². The zero-order valence-corrected chi connectivity index (χ0v) is 13.8. The second kappa shape index (κ2) is 6.93. The molecule has 124 valence electrons. The van der Waals surface area contributed by atoms with Gasteiger partial charge >= 0.3 is 0 Å². The number of rotatable bonds is 7. The zero-order valence-electron chi connectivity index (χ0n) is 13.8. The van der Waals surface area contributed by atoms with Crippen molar-refractivity contribution in [1.82, 2.24) is 24.4 Å². The number of nitrogens with one attached hydrogen (secondary N) is 1. The van der Waals surface area contributed by atoms with Crippen molar-refractivity contribution in [1.29, 1.82) is 0 Å². The highest BCUT2D eigenvalue weighted by molar-refractivity contribution is 5.83. The van der Waals surface area contributed by atoms with Crippen LogP contribution in [0.5, 0.6) is 0 Å². The molecular formula is C16H24N6O. The van der Waals surface area contributed by atoms with Crippen LogP contribution in [0.4, 0.5) is 5.82 Å². The number of imidazole rings is 1. The van der Waals surface area contributed by atoms with Crippen LogP contribution in [0.25, 0.3) is 11.2 Å². The standard InChI is InChI=1S/C16H24N6O/c1-3-5-12-7-13(23)21(8-12)11-22-10-20-14-15(17-6-4-2)18-9-19-16(14)22/h9-10,12H,3-8,11H2,1-2H3,(H,17,18,19). The van der Waals surface area contributed by atoms with Crippen LogP contribution in [-0.4, -0.2) is 43.4 Å². The quantitative estimate of drug-likeness (QED) is 0.848. The molecule has 1 amide bonds. The summed E-state index contributed by atoms with van der Waals surface area (Å²) in [7, 11) is 0. The molecule has 1 atom stereocenters. The fraction of sp³-hybridized carbons (Fsp3) is 0.625. The second-order valence-electron chi connectivity index (χ2n) is 6.15. The van der Waals surface area contributed by atoms with Crippen molar-refractivity contribution in [3.8, 4) is 0 Å². The Kier molecular flexibility index (Phi) is 4.73. The molecule has 0 radical (unpaired) electrons. The molecule has 2 aromatic rings. The van der Waals surface area contributed by atoms with Crippen molar-refractivity contribution in [3.63, 3.8) is 0 Å². The number of hydrogen-bond donors (Lipinski definition) is 1. The van der Waals surface area contributed by atoms with Gasteiger partial charge in [0.05, 0.1) is 6.33 Å². The molecule has 3 heterocycles. The van der Waals surface area contributed by atoms with E-state index < -0.39 is 0 Å². The summed E-state index contributed by atoms with van der Waals surface area (Å²) >= 11 is 0. The summed E-state index contributed by atoms with van der Waals surface area (Å²) in [5.74, 6) is 1.47. The topological polar surface area (TPSA) is 75.9 Å². The Morgan fingerprint density at radius 2 is 2.13 bits per heavy atom. The largest absolute Gasteiger partial charge is 0.368 e. The minimum atomic E-state index is 0.226. The predicted octanol–water partition coefficient (Wildman–Crippen LogP) is 2.25. The normalized spacial score (nSPS) is 18.1. The lowest BCUT2D eigenvalue weighted by Gasteiger charge is -2.17. The number of anilines is 1. The summed E-state index contributed by atoms with van der Waals surface area (Å²) < 4.78 is 1.93. The summed E-state index contributed by atoms with van der Waals surface area (Å²) in [6, 6.07) is 0. The number of nitrogens with zero attached hydrogens (tertiary/aromatic N) is 5. The van der Waals surface area contributed by atoms with Gasteiger partial charge in [0.15, 0.2) is 11.5 Å². The summed E-state index contributed by atoms with van der Waals surface area (Å²) in [4.78, 5) is 27.1. The molecule has 1 N–H and O–H groups in total. The van der Waals surface area contributed by atoms with E-state index in [9.17, 15) is 4.79 Å². The van der Waals surface area contributed by atoms with E-state index in [1.54, 1.807) is 12.7 Å². The van der Waals surface area contributed by atoms with Crippen LogP contribution >= 0.6 is 0 Å². The lowest BCUT2D eigenvalue weighted by Crippen LogP contribution is -2.27. The maximum absolute atomic E-state index is 12.2. The first kappa shape index (κ1) is 15.7. The van der Waals surface area contributed by atoms with E-state index in [2.05, 4.69) is 34.1 Å². The molecule has 23 heavy (non-hydrogen) atoms. The summed E-state index contributed by atoms with van der Waals surface area (Å²) in [5, 5.41) is 3.27. The third-order valence-corrected chi connectivity index (χ3v) is 4.26. The Balaban J connectivity index is 1.77. The van der Waals surface area contributed by atoms with Gasteiger partial charge in [0, 0.05) is 19.5 Å². The molecule has 0 spiro atoms. The van der Waals surface area contributed by atoms with E-state index in [0.29, 0.717) is 19.0 Å². The molecule has 0 bridgehead atoms. The van der Waals surface area contributed by atoms with Crippen LogP contribution in [0.1, 0.15) is 39.5 Å². The lowest BCUT2D eigenvalue weighted by atomic mass is 10.0. The van der Waals surface area contributed by atoms with Crippen molar-refractivity contribution in [2.75, 3.05) is 18.4 Å². The van der Waals surface area contributed by atoms with Crippen LogP contribution in [0.15, 0.2) is 12.7 Å². The van der Waals surface area contributed by atoms with Gasteiger partial charge in [-0.1, -0.05) is 20.3 Å².